The lowest BCUT2D eigenvalue weighted by Gasteiger charge is -2.15. The van der Waals surface area contributed by atoms with Gasteiger partial charge in [0.1, 0.15) is 0 Å². The van der Waals surface area contributed by atoms with Gasteiger partial charge >= 0.3 is 12.1 Å². The molecule has 0 saturated heterocycles. The minimum absolute atomic E-state index is 0.0104. The van der Waals surface area contributed by atoms with Crippen molar-refractivity contribution in [3.8, 4) is 0 Å². The van der Waals surface area contributed by atoms with Crippen LogP contribution in [-0.2, 0) is 10.9 Å². The van der Waals surface area contributed by atoms with Gasteiger partial charge in [-0.05, 0) is 25.5 Å². The number of rotatable bonds is 2. The van der Waals surface area contributed by atoms with Crippen molar-refractivity contribution in [2.75, 3.05) is 12.3 Å². The zero-order valence-corrected chi connectivity index (χ0v) is 9.39. The highest BCUT2D eigenvalue weighted by Gasteiger charge is 2.37. The van der Waals surface area contributed by atoms with E-state index in [4.69, 9.17) is 5.73 Å². The van der Waals surface area contributed by atoms with Crippen LogP contribution in [0.4, 0.5) is 18.9 Å². The second-order valence-corrected chi connectivity index (χ2v) is 3.44. The van der Waals surface area contributed by atoms with E-state index < -0.39 is 23.3 Å². The summed E-state index contributed by atoms with van der Waals surface area (Å²) in [7, 11) is 0. The molecule has 6 heteroatoms. The molecule has 0 spiro atoms. The van der Waals surface area contributed by atoms with Crippen molar-refractivity contribution in [3.05, 3.63) is 28.8 Å². The number of hydrogen-bond acceptors (Lipinski definition) is 3. The van der Waals surface area contributed by atoms with Crippen molar-refractivity contribution in [2.24, 2.45) is 0 Å². The first-order chi connectivity index (χ1) is 7.79. The molecule has 1 rings (SSSR count). The molecule has 0 bridgehead atoms. The topological polar surface area (TPSA) is 52.3 Å². The van der Waals surface area contributed by atoms with E-state index in [0.29, 0.717) is 5.56 Å². The number of halogens is 3. The molecule has 1 aromatic carbocycles. The van der Waals surface area contributed by atoms with E-state index >= 15 is 0 Å². The smallest absolute Gasteiger partial charge is 0.417 e. The maximum absolute atomic E-state index is 12.7. The minimum Gasteiger partial charge on any atom is -0.462 e. The van der Waals surface area contributed by atoms with E-state index in [2.05, 4.69) is 4.74 Å². The molecule has 0 heterocycles. The Morgan fingerprint density at radius 3 is 2.47 bits per heavy atom. The van der Waals surface area contributed by atoms with E-state index in [9.17, 15) is 18.0 Å². The number of anilines is 1. The van der Waals surface area contributed by atoms with Gasteiger partial charge in [0.25, 0.3) is 0 Å². The van der Waals surface area contributed by atoms with Crippen LogP contribution in [0.1, 0.15) is 28.4 Å². The van der Waals surface area contributed by atoms with Gasteiger partial charge in [-0.15, -0.1) is 0 Å². The van der Waals surface area contributed by atoms with Gasteiger partial charge in [0.2, 0.25) is 0 Å². The van der Waals surface area contributed by atoms with E-state index in [1.165, 1.54) is 19.9 Å². The predicted octanol–water partition coefficient (Wildman–Crippen LogP) is 2.77. The molecule has 2 N–H and O–H groups in total. The number of esters is 1. The normalized spacial score (nSPS) is 11.4. The Bertz CT molecular complexity index is 441. The van der Waals surface area contributed by atoms with E-state index in [0.717, 1.165) is 6.07 Å². The third-order valence-electron chi connectivity index (χ3n) is 2.25. The van der Waals surface area contributed by atoms with Crippen molar-refractivity contribution in [1.82, 2.24) is 0 Å². The maximum atomic E-state index is 12.7. The summed E-state index contributed by atoms with van der Waals surface area (Å²) in [5, 5.41) is 0. The summed E-state index contributed by atoms with van der Waals surface area (Å²) >= 11 is 0. The van der Waals surface area contributed by atoms with E-state index in [1.54, 1.807) is 0 Å². The van der Waals surface area contributed by atoms with Gasteiger partial charge in [0.15, 0.2) is 0 Å². The van der Waals surface area contributed by atoms with Gasteiger partial charge in [-0.1, -0.05) is 6.07 Å². The molecule has 0 amide bonds. The van der Waals surface area contributed by atoms with Crippen molar-refractivity contribution < 1.29 is 22.7 Å². The standard InChI is InChI=1S/C11H12F3NO2/c1-3-17-10(16)8-7(11(12,13)14)5-4-6(2)9(8)15/h4-5H,3,15H2,1-2H3. The first-order valence-corrected chi connectivity index (χ1v) is 4.92. The summed E-state index contributed by atoms with van der Waals surface area (Å²) in [6.07, 6.45) is -4.64. The Morgan fingerprint density at radius 1 is 1.41 bits per heavy atom. The van der Waals surface area contributed by atoms with Crippen molar-refractivity contribution in [2.45, 2.75) is 20.0 Å². The lowest BCUT2D eigenvalue weighted by Crippen LogP contribution is -2.18. The molecular formula is C11H12F3NO2. The summed E-state index contributed by atoms with van der Waals surface area (Å²) in [5.74, 6) is -1.05. The fourth-order valence-electron chi connectivity index (χ4n) is 1.38. The molecule has 94 valence electrons. The zero-order valence-electron chi connectivity index (χ0n) is 9.39. The molecule has 0 unspecified atom stereocenters. The summed E-state index contributed by atoms with van der Waals surface area (Å²) < 4.78 is 42.7. The third-order valence-corrected chi connectivity index (χ3v) is 2.25. The monoisotopic (exact) mass is 247 g/mol. The molecule has 3 nitrogen and oxygen atoms in total. The number of nitrogens with two attached hydrogens (primary N) is 1. The Balaban J connectivity index is 3.42. The lowest BCUT2D eigenvalue weighted by molar-refractivity contribution is -0.138. The molecule has 0 radical (unpaired) electrons. The number of hydrogen-bond donors (Lipinski definition) is 1. The third kappa shape index (κ3) is 2.69. The number of alkyl halides is 3. The number of aryl methyl sites for hydroxylation is 1. The fourth-order valence-corrected chi connectivity index (χ4v) is 1.38. The zero-order chi connectivity index (χ0) is 13.2. The van der Waals surface area contributed by atoms with Crippen LogP contribution < -0.4 is 5.73 Å². The minimum atomic E-state index is -4.64. The fraction of sp³-hybridized carbons (Fsp3) is 0.364. The number of benzene rings is 1. The van der Waals surface area contributed by atoms with Gasteiger partial charge in [-0.2, -0.15) is 13.2 Å². The Labute approximate surface area is 96.4 Å². The van der Waals surface area contributed by atoms with Crippen LogP contribution >= 0.6 is 0 Å². The van der Waals surface area contributed by atoms with Crippen molar-refractivity contribution in [3.63, 3.8) is 0 Å². The van der Waals surface area contributed by atoms with Crippen LogP contribution in [-0.4, -0.2) is 12.6 Å². The lowest BCUT2D eigenvalue weighted by atomic mass is 10.0. The predicted molar refractivity (Wildman–Crippen MR) is 56.5 cm³/mol. The molecule has 0 aliphatic heterocycles. The van der Waals surface area contributed by atoms with Gasteiger partial charge in [-0.25, -0.2) is 4.79 Å². The van der Waals surface area contributed by atoms with Gasteiger partial charge < -0.3 is 10.5 Å². The highest BCUT2D eigenvalue weighted by atomic mass is 19.4. The quantitative estimate of drug-likeness (QED) is 0.645. The largest absolute Gasteiger partial charge is 0.462 e. The van der Waals surface area contributed by atoms with Crippen LogP contribution in [0, 0.1) is 6.92 Å². The summed E-state index contributed by atoms with van der Waals surface area (Å²) in [6.45, 7) is 3.03. The molecule has 0 aliphatic carbocycles. The molecule has 0 atom stereocenters. The highest BCUT2D eigenvalue weighted by molar-refractivity contribution is 5.97. The van der Waals surface area contributed by atoms with Crippen LogP contribution in [0.15, 0.2) is 12.1 Å². The van der Waals surface area contributed by atoms with Crippen LogP contribution in [0.5, 0.6) is 0 Å². The van der Waals surface area contributed by atoms with E-state index in [1.807, 2.05) is 0 Å². The molecule has 1 aromatic rings. The number of carbonyl (C=O) groups is 1. The number of nitrogen functional groups attached to an aromatic ring is 1. The van der Waals surface area contributed by atoms with Crippen LogP contribution in [0.3, 0.4) is 0 Å². The summed E-state index contributed by atoms with van der Waals surface area (Å²) in [4.78, 5) is 11.5. The van der Waals surface area contributed by atoms with Gasteiger partial charge in [0, 0.05) is 5.69 Å². The van der Waals surface area contributed by atoms with Crippen LogP contribution in [0.2, 0.25) is 0 Å². The van der Waals surface area contributed by atoms with Crippen molar-refractivity contribution in [1.29, 1.82) is 0 Å². The number of ether oxygens (including phenoxy) is 1. The van der Waals surface area contributed by atoms with Gasteiger partial charge in [-0.3, -0.25) is 0 Å². The molecule has 0 fully saturated rings. The molecule has 0 aromatic heterocycles. The average Bonchev–Trinajstić information content (AvgIpc) is 2.20. The molecule has 0 saturated carbocycles. The SMILES string of the molecule is CCOC(=O)c1c(C(F)(F)F)ccc(C)c1N. The first kappa shape index (κ1) is 13.3. The van der Waals surface area contributed by atoms with Crippen molar-refractivity contribution >= 4 is 11.7 Å². The Hall–Kier alpha value is -1.72. The highest BCUT2D eigenvalue weighted by Crippen LogP contribution is 2.35. The molecule has 0 aliphatic rings. The summed E-state index contributed by atoms with van der Waals surface area (Å²) in [6, 6.07) is 2.05. The van der Waals surface area contributed by atoms with Crippen LogP contribution in [0.25, 0.3) is 0 Å². The maximum Gasteiger partial charge on any atom is 0.417 e. The molecular weight excluding hydrogens is 235 g/mol. The Morgan fingerprint density at radius 2 is 2.00 bits per heavy atom. The van der Waals surface area contributed by atoms with Gasteiger partial charge in [0.05, 0.1) is 17.7 Å². The second-order valence-electron chi connectivity index (χ2n) is 3.44. The summed E-state index contributed by atoms with van der Waals surface area (Å²) in [5.41, 5.74) is 4.04. The van der Waals surface area contributed by atoms with E-state index in [-0.39, 0.29) is 12.3 Å². The first-order valence-electron chi connectivity index (χ1n) is 4.92. The second kappa shape index (κ2) is 4.65. The Kier molecular flexibility index (Phi) is 3.65. The average molecular weight is 247 g/mol. The molecule has 17 heavy (non-hydrogen) atoms. The number of carbonyl (C=O) groups excluding carboxylic acids is 1.